The van der Waals surface area contributed by atoms with Gasteiger partial charge >= 0.3 is 6.09 Å². The highest BCUT2D eigenvalue weighted by Crippen LogP contribution is 2.46. The third-order valence-electron chi connectivity index (χ3n) is 2.92. The second-order valence-electron chi connectivity index (χ2n) is 3.83. The van der Waals surface area contributed by atoms with Crippen LogP contribution in [-0.2, 0) is 0 Å². The molecule has 74 valence electrons. The van der Waals surface area contributed by atoms with Crippen LogP contribution >= 0.6 is 0 Å². The minimum Gasteiger partial charge on any atom is -0.465 e. The van der Waals surface area contributed by atoms with Gasteiger partial charge in [0.15, 0.2) is 0 Å². The van der Waals surface area contributed by atoms with Gasteiger partial charge in [0.25, 0.3) is 0 Å². The lowest BCUT2D eigenvalue weighted by Crippen LogP contribution is -2.34. The van der Waals surface area contributed by atoms with Crippen LogP contribution in [0.25, 0.3) is 0 Å². The summed E-state index contributed by atoms with van der Waals surface area (Å²) in [5, 5.41) is 10.8. The van der Waals surface area contributed by atoms with Crippen molar-refractivity contribution in [3.05, 3.63) is 12.7 Å². The maximum Gasteiger partial charge on any atom is 0.404 e. The number of hydrogen-bond donors (Lipinski definition) is 2. The summed E-state index contributed by atoms with van der Waals surface area (Å²) >= 11 is 0. The third kappa shape index (κ3) is 2.76. The molecule has 0 spiro atoms. The predicted octanol–water partition coefficient (Wildman–Crippen LogP) is 2.39. The van der Waals surface area contributed by atoms with Crippen LogP contribution < -0.4 is 5.32 Å². The number of nitrogens with one attached hydrogen (secondary N) is 1. The predicted molar refractivity (Wildman–Crippen MR) is 51.7 cm³/mol. The summed E-state index contributed by atoms with van der Waals surface area (Å²) < 4.78 is 0. The van der Waals surface area contributed by atoms with Gasteiger partial charge in [0, 0.05) is 6.54 Å². The Morgan fingerprint density at radius 1 is 1.62 bits per heavy atom. The molecule has 13 heavy (non-hydrogen) atoms. The molecular weight excluding hydrogens is 166 g/mol. The highest BCUT2D eigenvalue weighted by molar-refractivity contribution is 5.64. The van der Waals surface area contributed by atoms with Crippen molar-refractivity contribution in [3.63, 3.8) is 0 Å². The molecule has 0 aliphatic heterocycles. The first kappa shape index (κ1) is 10.1. The van der Waals surface area contributed by atoms with Crippen molar-refractivity contribution in [2.75, 3.05) is 6.54 Å². The van der Waals surface area contributed by atoms with Crippen LogP contribution in [0.15, 0.2) is 12.7 Å². The zero-order chi connectivity index (χ0) is 9.73. The lowest BCUT2D eigenvalue weighted by molar-refractivity contribution is 0.121. The maximum absolute atomic E-state index is 10.2. The van der Waals surface area contributed by atoms with Crippen LogP contribution in [0.2, 0.25) is 0 Å². The van der Waals surface area contributed by atoms with Gasteiger partial charge in [-0.25, -0.2) is 4.79 Å². The first-order valence-electron chi connectivity index (χ1n) is 4.76. The van der Waals surface area contributed by atoms with Gasteiger partial charge in [-0.15, -0.1) is 6.58 Å². The largest absolute Gasteiger partial charge is 0.465 e. The van der Waals surface area contributed by atoms with Crippen molar-refractivity contribution in [1.29, 1.82) is 0 Å². The number of hydrogen-bond acceptors (Lipinski definition) is 1. The van der Waals surface area contributed by atoms with E-state index in [1.807, 2.05) is 6.08 Å². The molecule has 1 saturated carbocycles. The van der Waals surface area contributed by atoms with E-state index in [-0.39, 0.29) is 0 Å². The van der Waals surface area contributed by atoms with Crippen LogP contribution in [0.1, 0.15) is 32.1 Å². The molecule has 1 fully saturated rings. The van der Waals surface area contributed by atoms with Crippen LogP contribution in [0.5, 0.6) is 0 Å². The smallest absolute Gasteiger partial charge is 0.404 e. The Bertz CT molecular complexity index is 197. The van der Waals surface area contributed by atoms with Crippen LogP contribution in [0.3, 0.4) is 0 Å². The molecule has 3 nitrogen and oxygen atoms in total. The monoisotopic (exact) mass is 183 g/mol. The van der Waals surface area contributed by atoms with Gasteiger partial charge in [-0.05, 0) is 31.1 Å². The SMILES string of the molecule is C=CCC1(CCNC(=O)O)CCC1. The minimum absolute atomic E-state index is 0.365. The molecule has 1 aliphatic rings. The number of carboxylic acid groups (broad SMARTS) is 1. The van der Waals surface area contributed by atoms with Crippen LogP contribution in [-0.4, -0.2) is 17.7 Å². The van der Waals surface area contributed by atoms with Gasteiger partial charge in [0.05, 0.1) is 0 Å². The Hall–Kier alpha value is -0.990. The molecule has 0 saturated heterocycles. The Balaban J connectivity index is 2.23. The Labute approximate surface area is 78.8 Å². The molecule has 0 heterocycles. The number of rotatable bonds is 5. The van der Waals surface area contributed by atoms with Crippen molar-refractivity contribution < 1.29 is 9.90 Å². The summed E-state index contributed by atoms with van der Waals surface area (Å²) in [6.07, 6.45) is 6.72. The fourth-order valence-corrected chi connectivity index (χ4v) is 1.97. The molecule has 3 heteroatoms. The highest BCUT2D eigenvalue weighted by Gasteiger charge is 2.34. The van der Waals surface area contributed by atoms with E-state index < -0.39 is 6.09 Å². The molecular formula is C10H17NO2. The lowest BCUT2D eigenvalue weighted by Gasteiger charge is -2.41. The fourth-order valence-electron chi connectivity index (χ4n) is 1.97. The van der Waals surface area contributed by atoms with E-state index in [0.717, 1.165) is 12.8 Å². The molecule has 0 unspecified atom stereocenters. The molecule has 0 aromatic heterocycles. The highest BCUT2D eigenvalue weighted by atomic mass is 16.4. The van der Waals surface area contributed by atoms with Crippen molar-refractivity contribution in [2.45, 2.75) is 32.1 Å². The molecule has 0 bridgehead atoms. The second-order valence-corrected chi connectivity index (χ2v) is 3.83. The number of allylic oxidation sites excluding steroid dienone is 1. The average molecular weight is 183 g/mol. The average Bonchev–Trinajstić information content (AvgIpc) is 1.99. The molecule has 1 rings (SSSR count). The Morgan fingerprint density at radius 2 is 2.31 bits per heavy atom. The van der Waals surface area contributed by atoms with E-state index in [2.05, 4.69) is 11.9 Å². The lowest BCUT2D eigenvalue weighted by atomic mass is 9.65. The standard InChI is InChI=1S/C10H17NO2/c1-2-4-10(5-3-6-10)7-8-11-9(12)13/h2,11H,1,3-8H2,(H,12,13). The van der Waals surface area contributed by atoms with E-state index in [9.17, 15) is 4.79 Å². The normalized spacial score (nSPS) is 18.8. The van der Waals surface area contributed by atoms with E-state index >= 15 is 0 Å². The number of carbonyl (C=O) groups is 1. The van der Waals surface area contributed by atoms with Gasteiger partial charge in [0.1, 0.15) is 0 Å². The molecule has 0 aromatic carbocycles. The molecule has 0 aromatic rings. The van der Waals surface area contributed by atoms with Gasteiger partial charge in [-0.1, -0.05) is 12.5 Å². The molecule has 0 atom stereocenters. The van der Waals surface area contributed by atoms with Crippen molar-refractivity contribution in [1.82, 2.24) is 5.32 Å². The second kappa shape index (κ2) is 4.30. The minimum atomic E-state index is -0.923. The summed E-state index contributed by atoms with van der Waals surface area (Å²) in [5.41, 5.74) is 0.365. The maximum atomic E-state index is 10.2. The van der Waals surface area contributed by atoms with E-state index in [1.54, 1.807) is 0 Å². The zero-order valence-corrected chi connectivity index (χ0v) is 7.88. The molecule has 1 amide bonds. The van der Waals surface area contributed by atoms with Gasteiger partial charge in [-0.2, -0.15) is 0 Å². The van der Waals surface area contributed by atoms with E-state index in [1.165, 1.54) is 19.3 Å². The quantitative estimate of drug-likeness (QED) is 0.643. The summed E-state index contributed by atoms with van der Waals surface area (Å²) in [5.74, 6) is 0. The van der Waals surface area contributed by atoms with Gasteiger partial charge in [0.2, 0.25) is 0 Å². The first-order chi connectivity index (χ1) is 6.18. The van der Waals surface area contributed by atoms with E-state index in [0.29, 0.717) is 12.0 Å². The summed E-state index contributed by atoms with van der Waals surface area (Å²) in [6, 6.07) is 0. The van der Waals surface area contributed by atoms with Crippen molar-refractivity contribution in [2.24, 2.45) is 5.41 Å². The summed E-state index contributed by atoms with van der Waals surface area (Å²) in [6.45, 7) is 4.31. The number of amides is 1. The molecule has 1 aliphatic carbocycles. The molecule has 0 radical (unpaired) electrons. The zero-order valence-electron chi connectivity index (χ0n) is 7.88. The third-order valence-corrected chi connectivity index (χ3v) is 2.92. The van der Waals surface area contributed by atoms with E-state index in [4.69, 9.17) is 5.11 Å². The summed E-state index contributed by atoms with van der Waals surface area (Å²) in [4.78, 5) is 10.2. The van der Waals surface area contributed by atoms with Crippen molar-refractivity contribution >= 4 is 6.09 Å². The summed E-state index contributed by atoms with van der Waals surface area (Å²) in [7, 11) is 0. The fraction of sp³-hybridized carbons (Fsp3) is 0.700. The van der Waals surface area contributed by atoms with Crippen LogP contribution in [0, 0.1) is 5.41 Å². The Morgan fingerprint density at radius 3 is 2.69 bits per heavy atom. The first-order valence-corrected chi connectivity index (χ1v) is 4.76. The Kier molecular flexibility index (Phi) is 3.34. The molecule has 2 N–H and O–H groups in total. The van der Waals surface area contributed by atoms with Gasteiger partial charge < -0.3 is 10.4 Å². The van der Waals surface area contributed by atoms with Crippen LogP contribution in [0.4, 0.5) is 4.79 Å². The van der Waals surface area contributed by atoms with Gasteiger partial charge in [-0.3, -0.25) is 0 Å². The topological polar surface area (TPSA) is 49.3 Å². The van der Waals surface area contributed by atoms with Crippen molar-refractivity contribution in [3.8, 4) is 0 Å².